The molecule has 1 aromatic rings. The lowest BCUT2D eigenvalue weighted by Gasteiger charge is -2.26. The van der Waals surface area contributed by atoms with Crippen molar-refractivity contribution in [3.05, 3.63) is 22.5 Å². The average Bonchev–Trinajstić information content (AvgIpc) is 2.40. The normalized spacial score (nSPS) is 23.6. The van der Waals surface area contributed by atoms with Crippen LogP contribution in [0.2, 0.25) is 0 Å². The largest absolute Gasteiger partial charge is 0.460 e. The average molecular weight is 253 g/mol. The fourth-order valence-electron chi connectivity index (χ4n) is 2.05. The summed E-state index contributed by atoms with van der Waals surface area (Å²) in [5.74, 6) is 0.364. The first-order valence-electron chi connectivity index (χ1n) is 5.93. The summed E-state index contributed by atoms with van der Waals surface area (Å²) in [4.78, 5) is 17.5. The lowest BCUT2D eigenvalue weighted by molar-refractivity contribution is -0.385. The van der Waals surface area contributed by atoms with Crippen molar-refractivity contribution in [2.75, 3.05) is 6.61 Å². The van der Waals surface area contributed by atoms with E-state index in [0.29, 0.717) is 5.92 Å². The summed E-state index contributed by atoms with van der Waals surface area (Å²) in [7, 11) is 0. The minimum atomic E-state index is -0.545. The van der Waals surface area contributed by atoms with Gasteiger partial charge >= 0.3 is 11.7 Å². The summed E-state index contributed by atoms with van der Waals surface area (Å²) in [6.07, 6.45) is 5.87. The van der Waals surface area contributed by atoms with E-state index in [4.69, 9.17) is 9.84 Å². The molecule has 1 fully saturated rings. The molecule has 0 spiro atoms. The van der Waals surface area contributed by atoms with Crippen LogP contribution in [0, 0.1) is 16.0 Å². The van der Waals surface area contributed by atoms with E-state index in [-0.39, 0.29) is 24.4 Å². The molecule has 0 aliphatic heterocycles. The number of aromatic nitrogens is 2. The van der Waals surface area contributed by atoms with E-state index < -0.39 is 4.92 Å². The van der Waals surface area contributed by atoms with Crippen molar-refractivity contribution in [1.82, 2.24) is 9.97 Å². The summed E-state index contributed by atoms with van der Waals surface area (Å²) in [6.45, 7) is 0.223. The van der Waals surface area contributed by atoms with Crippen LogP contribution < -0.4 is 4.74 Å². The van der Waals surface area contributed by atoms with Crippen molar-refractivity contribution in [2.24, 2.45) is 5.92 Å². The van der Waals surface area contributed by atoms with Gasteiger partial charge in [-0.3, -0.25) is 10.1 Å². The van der Waals surface area contributed by atoms with Gasteiger partial charge in [0.25, 0.3) is 0 Å². The molecule has 2 rings (SSSR count). The first-order chi connectivity index (χ1) is 8.69. The van der Waals surface area contributed by atoms with Crippen LogP contribution in [0.1, 0.15) is 25.7 Å². The third kappa shape index (κ3) is 3.13. The van der Waals surface area contributed by atoms with Crippen LogP contribution in [0.5, 0.6) is 6.01 Å². The second-order valence-corrected chi connectivity index (χ2v) is 4.42. The van der Waals surface area contributed by atoms with Crippen LogP contribution >= 0.6 is 0 Å². The molecule has 18 heavy (non-hydrogen) atoms. The third-order valence-electron chi connectivity index (χ3n) is 3.15. The first-order valence-corrected chi connectivity index (χ1v) is 5.93. The van der Waals surface area contributed by atoms with Crippen LogP contribution in [-0.4, -0.2) is 32.7 Å². The van der Waals surface area contributed by atoms with Gasteiger partial charge in [-0.05, 0) is 31.6 Å². The molecule has 0 saturated heterocycles. The Labute approximate surface area is 104 Å². The number of hydrogen-bond acceptors (Lipinski definition) is 6. The Kier molecular flexibility index (Phi) is 4.03. The van der Waals surface area contributed by atoms with Crippen LogP contribution in [-0.2, 0) is 0 Å². The van der Waals surface area contributed by atoms with Gasteiger partial charge in [0.05, 0.1) is 4.92 Å². The summed E-state index contributed by atoms with van der Waals surface area (Å²) < 4.78 is 5.56. The van der Waals surface area contributed by atoms with E-state index in [2.05, 4.69) is 9.97 Å². The molecule has 1 saturated carbocycles. The van der Waals surface area contributed by atoms with E-state index >= 15 is 0 Å². The second kappa shape index (κ2) is 5.72. The zero-order valence-electron chi connectivity index (χ0n) is 9.86. The highest BCUT2D eigenvalue weighted by Gasteiger charge is 2.22. The molecule has 0 atom stereocenters. The van der Waals surface area contributed by atoms with Crippen LogP contribution in [0.15, 0.2) is 12.4 Å². The van der Waals surface area contributed by atoms with Gasteiger partial charge in [0.1, 0.15) is 18.5 Å². The van der Waals surface area contributed by atoms with Gasteiger partial charge in [-0.2, -0.15) is 9.97 Å². The second-order valence-electron chi connectivity index (χ2n) is 4.42. The topological polar surface area (TPSA) is 98.4 Å². The molecule has 1 aliphatic carbocycles. The Morgan fingerprint density at radius 2 is 1.94 bits per heavy atom. The molecule has 1 aliphatic rings. The highest BCUT2D eigenvalue weighted by atomic mass is 16.6. The quantitative estimate of drug-likeness (QED) is 0.641. The van der Waals surface area contributed by atoms with E-state index in [1.54, 1.807) is 0 Å². The maximum atomic E-state index is 10.4. The Balaban J connectivity index is 1.88. The third-order valence-corrected chi connectivity index (χ3v) is 3.15. The molecule has 0 unspecified atom stereocenters. The number of rotatable bonds is 4. The van der Waals surface area contributed by atoms with E-state index in [9.17, 15) is 10.1 Å². The molecule has 1 aromatic heterocycles. The fourth-order valence-corrected chi connectivity index (χ4v) is 2.05. The Morgan fingerprint density at radius 1 is 1.33 bits per heavy atom. The predicted molar refractivity (Wildman–Crippen MR) is 62.1 cm³/mol. The van der Waals surface area contributed by atoms with Gasteiger partial charge in [0.15, 0.2) is 0 Å². The molecule has 0 bridgehead atoms. The summed E-state index contributed by atoms with van der Waals surface area (Å²) in [5.41, 5.74) is -0.147. The number of nitrogens with zero attached hydrogens (tertiary/aromatic N) is 3. The van der Waals surface area contributed by atoms with Gasteiger partial charge < -0.3 is 9.84 Å². The van der Waals surface area contributed by atoms with Gasteiger partial charge in [-0.1, -0.05) is 0 Å². The highest BCUT2D eigenvalue weighted by molar-refractivity contribution is 5.21. The lowest BCUT2D eigenvalue weighted by Crippen LogP contribution is -2.26. The van der Waals surface area contributed by atoms with Crippen molar-refractivity contribution >= 4 is 5.69 Å². The van der Waals surface area contributed by atoms with Crippen LogP contribution in [0.4, 0.5) is 5.69 Å². The maximum Gasteiger partial charge on any atom is 0.317 e. The molecule has 7 nitrogen and oxygen atoms in total. The number of nitro groups is 1. The van der Waals surface area contributed by atoms with Crippen molar-refractivity contribution in [2.45, 2.75) is 31.8 Å². The van der Waals surface area contributed by atoms with Crippen molar-refractivity contribution in [3.63, 3.8) is 0 Å². The lowest BCUT2D eigenvalue weighted by atomic mass is 9.88. The number of aliphatic hydroxyl groups excluding tert-OH is 1. The summed E-state index contributed by atoms with van der Waals surface area (Å²) in [6, 6.07) is 0.174. The van der Waals surface area contributed by atoms with Crippen molar-refractivity contribution in [3.8, 4) is 6.01 Å². The van der Waals surface area contributed by atoms with Crippen molar-refractivity contribution < 1.29 is 14.8 Å². The summed E-state index contributed by atoms with van der Waals surface area (Å²) >= 11 is 0. The van der Waals surface area contributed by atoms with Crippen LogP contribution in [0.3, 0.4) is 0 Å². The monoisotopic (exact) mass is 253 g/mol. The summed E-state index contributed by atoms with van der Waals surface area (Å²) in [5, 5.41) is 19.5. The molecule has 0 radical (unpaired) electrons. The molecule has 0 amide bonds. The zero-order chi connectivity index (χ0) is 13.0. The van der Waals surface area contributed by atoms with E-state index in [1.807, 2.05) is 0 Å². The van der Waals surface area contributed by atoms with Gasteiger partial charge in [-0.15, -0.1) is 0 Å². The molecule has 1 N–H and O–H groups in total. The van der Waals surface area contributed by atoms with Crippen molar-refractivity contribution in [1.29, 1.82) is 0 Å². The molecule has 7 heteroatoms. The minimum Gasteiger partial charge on any atom is -0.460 e. The Hall–Kier alpha value is -1.76. The minimum absolute atomic E-state index is 0.0363. The fraction of sp³-hybridized carbons (Fsp3) is 0.636. The molecule has 1 heterocycles. The first kappa shape index (κ1) is 12.7. The van der Waals surface area contributed by atoms with E-state index in [0.717, 1.165) is 38.1 Å². The number of ether oxygens (including phenoxy) is 1. The van der Waals surface area contributed by atoms with Crippen LogP contribution in [0.25, 0.3) is 0 Å². The molecular weight excluding hydrogens is 238 g/mol. The Bertz CT molecular complexity index is 401. The van der Waals surface area contributed by atoms with Gasteiger partial charge in [0, 0.05) is 6.61 Å². The van der Waals surface area contributed by atoms with Gasteiger partial charge in [0.2, 0.25) is 0 Å². The SMILES string of the molecule is O=[N+]([O-])c1cnc(OC2CCC(CO)CC2)nc1. The van der Waals surface area contributed by atoms with E-state index in [1.165, 1.54) is 0 Å². The zero-order valence-corrected chi connectivity index (χ0v) is 9.86. The highest BCUT2D eigenvalue weighted by Crippen LogP contribution is 2.26. The smallest absolute Gasteiger partial charge is 0.317 e. The molecular formula is C11H15N3O4. The van der Waals surface area contributed by atoms with Gasteiger partial charge in [-0.25, -0.2) is 0 Å². The molecule has 0 aromatic carbocycles. The molecule has 98 valence electrons. The number of hydrogen-bond donors (Lipinski definition) is 1. The standard InChI is InChI=1S/C11H15N3O4/c15-7-8-1-3-10(4-2-8)18-11-12-5-9(6-13-11)14(16)17/h5-6,8,10,15H,1-4,7H2. The maximum absolute atomic E-state index is 10.4. The predicted octanol–water partition coefficient (Wildman–Crippen LogP) is 1.31. The number of aliphatic hydroxyl groups is 1. The Morgan fingerprint density at radius 3 is 2.44 bits per heavy atom.